The van der Waals surface area contributed by atoms with Crippen LogP contribution in [-0.4, -0.2) is 48.8 Å². The molecule has 1 saturated heterocycles. The summed E-state index contributed by atoms with van der Waals surface area (Å²) < 4.78 is 0. The first-order valence-corrected chi connectivity index (χ1v) is 7.10. The lowest BCUT2D eigenvalue weighted by atomic mass is 10.0. The van der Waals surface area contributed by atoms with Crippen molar-refractivity contribution in [2.24, 2.45) is 0 Å². The first kappa shape index (κ1) is 15.1. The third-order valence-corrected chi connectivity index (χ3v) is 3.83. The molecule has 1 aliphatic rings. The highest BCUT2D eigenvalue weighted by Gasteiger charge is 2.33. The predicted octanol–water partition coefficient (Wildman–Crippen LogP) is 1.38. The molecule has 2 rings (SSSR count). The highest BCUT2D eigenvalue weighted by molar-refractivity contribution is 6.30. The van der Waals surface area contributed by atoms with E-state index in [1.54, 1.807) is 0 Å². The fourth-order valence-corrected chi connectivity index (χ4v) is 2.76. The van der Waals surface area contributed by atoms with Gasteiger partial charge in [0.05, 0.1) is 18.7 Å². The third kappa shape index (κ3) is 3.62. The van der Waals surface area contributed by atoms with Crippen LogP contribution in [0.4, 0.5) is 4.79 Å². The zero-order valence-corrected chi connectivity index (χ0v) is 12.2. The van der Waals surface area contributed by atoms with E-state index in [4.69, 9.17) is 16.7 Å². The number of amides is 2. The third-order valence-electron chi connectivity index (χ3n) is 3.57. The number of hydrogen-bond acceptors (Lipinski definition) is 3. The van der Waals surface area contributed by atoms with Crippen molar-refractivity contribution in [2.75, 3.05) is 26.7 Å². The number of carbonyl (C=O) groups is 1. The number of halogens is 1. The number of nitrogens with one attached hydrogen (secondary N) is 2. The van der Waals surface area contributed by atoms with E-state index in [0.29, 0.717) is 5.02 Å². The number of carbonyl (C=O) groups excluding carboxylic acids is 1. The van der Waals surface area contributed by atoms with Crippen LogP contribution >= 0.6 is 11.6 Å². The first-order valence-electron chi connectivity index (χ1n) is 6.72. The van der Waals surface area contributed by atoms with Gasteiger partial charge < -0.3 is 15.7 Å². The van der Waals surface area contributed by atoms with Gasteiger partial charge in [0.25, 0.3) is 0 Å². The van der Waals surface area contributed by atoms with Crippen LogP contribution in [0, 0.1) is 0 Å². The molecule has 2 atom stereocenters. The number of urea groups is 1. The fourth-order valence-electron chi connectivity index (χ4n) is 2.63. The second-order valence-electron chi connectivity index (χ2n) is 5.00. The number of aliphatic hydroxyl groups is 1. The number of hydrogen-bond donors (Lipinski definition) is 3. The van der Waals surface area contributed by atoms with Gasteiger partial charge >= 0.3 is 6.03 Å². The molecule has 1 aromatic rings. The molecule has 0 bridgehead atoms. The van der Waals surface area contributed by atoms with Crippen molar-refractivity contribution in [3.8, 4) is 0 Å². The lowest BCUT2D eigenvalue weighted by molar-refractivity contribution is 0.224. The smallest absolute Gasteiger partial charge is 0.315 e. The van der Waals surface area contributed by atoms with E-state index in [2.05, 4.69) is 15.5 Å². The summed E-state index contributed by atoms with van der Waals surface area (Å²) in [5.41, 5.74) is 1.14. The second-order valence-corrected chi connectivity index (χ2v) is 5.43. The van der Waals surface area contributed by atoms with E-state index >= 15 is 0 Å². The predicted molar refractivity (Wildman–Crippen MR) is 78.8 cm³/mol. The van der Waals surface area contributed by atoms with Crippen molar-refractivity contribution in [3.63, 3.8) is 0 Å². The van der Waals surface area contributed by atoms with Gasteiger partial charge in [-0.2, -0.15) is 0 Å². The standard InChI is InChI=1S/C14H20ClN3O2/c1-18-8-6-12(17-14(20)16-7-9-19)13(18)10-2-4-11(15)5-3-10/h2-5,12-13,19H,6-9H2,1H3,(H2,16,17,20). The highest BCUT2D eigenvalue weighted by Crippen LogP contribution is 2.31. The largest absolute Gasteiger partial charge is 0.395 e. The SMILES string of the molecule is CN1CCC(NC(=O)NCCO)C1c1ccc(Cl)cc1. The molecule has 1 fully saturated rings. The molecule has 5 nitrogen and oxygen atoms in total. The number of likely N-dealkylation sites (tertiary alicyclic amines) is 1. The van der Waals surface area contributed by atoms with Gasteiger partial charge in [0.1, 0.15) is 0 Å². The highest BCUT2D eigenvalue weighted by atomic mass is 35.5. The minimum atomic E-state index is -0.238. The maximum absolute atomic E-state index is 11.7. The Kier molecular flexibility index (Phi) is 5.23. The van der Waals surface area contributed by atoms with Gasteiger partial charge in [-0.1, -0.05) is 23.7 Å². The van der Waals surface area contributed by atoms with Crippen molar-refractivity contribution in [1.82, 2.24) is 15.5 Å². The average Bonchev–Trinajstić information content (AvgIpc) is 2.78. The number of likely N-dealkylation sites (N-methyl/N-ethyl adjacent to an activating group) is 1. The molecule has 6 heteroatoms. The Balaban J connectivity index is 2.04. The molecule has 1 heterocycles. The average molecular weight is 298 g/mol. The second kappa shape index (κ2) is 6.92. The molecule has 0 radical (unpaired) electrons. The molecular formula is C14H20ClN3O2. The molecule has 0 spiro atoms. The monoisotopic (exact) mass is 297 g/mol. The van der Waals surface area contributed by atoms with Gasteiger partial charge in [-0.25, -0.2) is 4.79 Å². The normalized spacial score (nSPS) is 22.8. The minimum Gasteiger partial charge on any atom is -0.395 e. The molecule has 3 N–H and O–H groups in total. The lowest BCUT2D eigenvalue weighted by Crippen LogP contribution is -2.45. The van der Waals surface area contributed by atoms with E-state index in [0.717, 1.165) is 18.5 Å². The molecule has 110 valence electrons. The molecule has 2 amide bonds. The summed E-state index contributed by atoms with van der Waals surface area (Å²) in [7, 11) is 2.05. The van der Waals surface area contributed by atoms with Crippen LogP contribution < -0.4 is 10.6 Å². The summed E-state index contributed by atoms with van der Waals surface area (Å²) in [6.07, 6.45) is 0.899. The van der Waals surface area contributed by atoms with E-state index in [-0.39, 0.29) is 31.3 Å². The Bertz CT molecular complexity index is 452. The van der Waals surface area contributed by atoms with Gasteiger partial charge in [0.15, 0.2) is 0 Å². The van der Waals surface area contributed by atoms with Crippen LogP contribution in [0.1, 0.15) is 18.0 Å². The van der Waals surface area contributed by atoms with Crippen LogP contribution in [0.15, 0.2) is 24.3 Å². The molecular weight excluding hydrogens is 278 g/mol. The summed E-state index contributed by atoms with van der Waals surface area (Å²) in [4.78, 5) is 13.9. The van der Waals surface area contributed by atoms with E-state index in [1.165, 1.54) is 0 Å². The first-order chi connectivity index (χ1) is 9.61. The summed E-state index contributed by atoms with van der Waals surface area (Å²) >= 11 is 5.92. The molecule has 0 aliphatic carbocycles. The maximum atomic E-state index is 11.7. The van der Waals surface area contributed by atoms with Crippen molar-refractivity contribution < 1.29 is 9.90 Å². The van der Waals surface area contributed by atoms with E-state index < -0.39 is 0 Å². The Morgan fingerprint density at radius 1 is 1.45 bits per heavy atom. The van der Waals surface area contributed by atoms with Crippen LogP contribution in [0.5, 0.6) is 0 Å². The van der Waals surface area contributed by atoms with Crippen molar-refractivity contribution in [3.05, 3.63) is 34.9 Å². The summed E-state index contributed by atoms with van der Waals surface area (Å²) in [6, 6.07) is 7.69. The lowest BCUT2D eigenvalue weighted by Gasteiger charge is -2.26. The molecule has 1 aliphatic heterocycles. The van der Waals surface area contributed by atoms with Crippen LogP contribution in [0.25, 0.3) is 0 Å². The van der Waals surface area contributed by atoms with Crippen molar-refractivity contribution in [2.45, 2.75) is 18.5 Å². The molecule has 0 aromatic heterocycles. The topological polar surface area (TPSA) is 64.6 Å². The Morgan fingerprint density at radius 3 is 2.80 bits per heavy atom. The summed E-state index contributed by atoms with van der Waals surface area (Å²) in [6.45, 7) is 1.14. The van der Waals surface area contributed by atoms with Crippen molar-refractivity contribution >= 4 is 17.6 Å². The Labute approximate surface area is 123 Å². The van der Waals surface area contributed by atoms with Crippen LogP contribution in [0.3, 0.4) is 0 Å². The molecule has 1 aromatic carbocycles. The number of rotatable bonds is 4. The fraction of sp³-hybridized carbons (Fsp3) is 0.500. The van der Waals surface area contributed by atoms with Gasteiger partial charge in [-0.15, -0.1) is 0 Å². The Hall–Kier alpha value is -1.30. The van der Waals surface area contributed by atoms with Gasteiger partial charge in [0.2, 0.25) is 0 Å². The molecule has 20 heavy (non-hydrogen) atoms. The number of nitrogens with zero attached hydrogens (tertiary/aromatic N) is 1. The van der Waals surface area contributed by atoms with Crippen LogP contribution in [0.2, 0.25) is 5.02 Å². The zero-order chi connectivity index (χ0) is 14.5. The maximum Gasteiger partial charge on any atom is 0.315 e. The van der Waals surface area contributed by atoms with Crippen LogP contribution in [-0.2, 0) is 0 Å². The van der Waals surface area contributed by atoms with Gasteiger partial charge in [0, 0.05) is 18.1 Å². The molecule has 2 unspecified atom stereocenters. The Morgan fingerprint density at radius 2 is 2.15 bits per heavy atom. The minimum absolute atomic E-state index is 0.0554. The number of aliphatic hydroxyl groups excluding tert-OH is 1. The van der Waals surface area contributed by atoms with E-state index in [1.807, 2.05) is 31.3 Å². The van der Waals surface area contributed by atoms with Crippen molar-refractivity contribution in [1.29, 1.82) is 0 Å². The molecule has 0 saturated carbocycles. The summed E-state index contributed by atoms with van der Waals surface area (Å²) in [5, 5.41) is 15.0. The van der Waals surface area contributed by atoms with Gasteiger partial charge in [-0.05, 0) is 31.2 Å². The quantitative estimate of drug-likeness (QED) is 0.787. The van der Waals surface area contributed by atoms with Gasteiger partial charge in [-0.3, -0.25) is 4.90 Å². The zero-order valence-electron chi connectivity index (χ0n) is 11.5. The number of benzene rings is 1. The summed E-state index contributed by atoms with van der Waals surface area (Å²) in [5.74, 6) is 0. The van der Waals surface area contributed by atoms with E-state index in [9.17, 15) is 4.79 Å².